The van der Waals surface area contributed by atoms with Crippen LogP contribution < -0.4 is 0 Å². The molecule has 5 heteroatoms. The summed E-state index contributed by atoms with van der Waals surface area (Å²) in [4.78, 5) is 8.02. The average molecular weight is 203 g/mol. The molecule has 0 aliphatic carbocycles. The molecule has 0 spiro atoms. The summed E-state index contributed by atoms with van der Waals surface area (Å²) >= 11 is 11.8. The topological polar surface area (TPSA) is 24.7 Å². The Morgan fingerprint density at radius 2 is 2.17 bits per heavy atom. The van der Waals surface area contributed by atoms with E-state index in [1.54, 1.807) is 18.8 Å². The summed E-state index contributed by atoms with van der Waals surface area (Å²) in [5.41, 5.74) is 1.72. The minimum absolute atomic E-state index is 0.00810. The van der Waals surface area contributed by atoms with Gasteiger partial charge in [-0.1, -0.05) is 11.6 Å². The standard InChI is InChI=1S/C7H6Cl2N3/c1-5-6-2-10-7(8)3-12(6,9)4-11-5/h2-4H,1H3/q+1. The van der Waals surface area contributed by atoms with Crippen molar-refractivity contribution in [2.75, 3.05) is 0 Å². The fraction of sp³-hybridized carbons (Fsp3) is 0.143. The van der Waals surface area contributed by atoms with Crippen molar-refractivity contribution in [3.05, 3.63) is 22.8 Å². The second kappa shape index (κ2) is 2.42. The first-order valence-corrected chi connectivity index (χ1v) is 4.11. The predicted octanol–water partition coefficient (Wildman–Crippen LogP) is 2.35. The van der Waals surface area contributed by atoms with E-state index in [2.05, 4.69) is 9.98 Å². The summed E-state index contributed by atoms with van der Waals surface area (Å²) < 4.78 is 0.00810. The van der Waals surface area contributed by atoms with Gasteiger partial charge in [-0.15, -0.1) is 4.00 Å². The van der Waals surface area contributed by atoms with Crippen LogP contribution in [0.15, 0.2) is 32.7 Å². The zero-order chi connectivity index (χ0) is 8.77. The molecule has 2 heterocycles. The van der Waals surface area contributed by atoms with Crippen LogP contribution in [0.2, 0.25) is 0 Å². The van der Waals surface area contributed by atoms with Gasteiger partial charge in [0.05, 0.1) is 6.21 Å². The fourth-order valence-corrected chi connectivity index (χ4v) is 1.70. The number of fused-ring (bicyclic) bond motifs is 1. The zero-order valence-electron chi connectivity index (χ0n) is 6.33. The first-order valence-electron chi connectivity index (χ1n) is 3.39. The van der Waals surface area contributed by atoms with Crippen LogP contribution in [0, 0.1) is 0 Å². The molecule has 0 amide bonds. The number of quaternary nitrogens is 1. The largest absolute Gasteiger partial charge is 0.233 e. The van der Waals surface area contributed by atoms with Crippen LogP contribution in [0.4, 0.5) is 0 Å². The van der Waals surface area contributed by atoms with Crippen molar-refractivity contribution in [2.45, 2.75) is 6.92 Å². The van der Waals surface area contributed by atoms with Crippen LogP contribution in [0.5, 0.6) is 0 Å². The lowest BCUT2D eigenvalue weighted by Crippen LogP contribution is -2.29. The van der Waals surface area contributed by atoms with Crippen molar-refractivity contribution in [1.29, 1.82) is 0 Å². The van der Waals surface area contributed by atoms with E-state index < -0.39 is 0 Å². The van der Waals surface area contributed by atoms with E-state index >= 15 is 0 Å². The van der Waals surface area contributed by atoms with E-state index in [0.717, 1.165) is 11.4 Å². The SMILES string of the molecule is CC1=C2C=NC(Cl)=C[N+]2(Cl)C=N1. The third kappa shape index (κ3) is 1.02. The van der Waals surface area contributed by atoms with E-state index in [4.69, 9.17) is 23.4 Å². The van der Waals surface area contributed by atoms with Gasteiger partial charge in [-0.3, -0.25) is 0 Å². The first-order chi connectivity index (χ1) is 5.62. The van der Waals surface area contributed by atoms with Gasteiger partial charge in [0.2, 0.25) is 12.0 Å². The van der Waals surface area contributed by atoms with Gasteiger partial charge in [0.25, 0.3) is 0 Å². The van der Waals surface area contributed by atoms with Crippen LogP contribution in [0.3, 0.4) is 0 Å². The Morgan fingerprint density at radius 3 is 2.92 bits per heavy atom. The number of nitrogens with zero attached hydrogens (tertiary/aromatic N) is 3. The van der Waals surface area contributed by atoms with Gasteiger partial charge in [-0.2, -0.15) is 0 Å². The van der Waals surface area contributed by atoms with Crippen molar-refractivity contribution < 1.29 is 4.00 Å². The minimum atomic E-state index is 0.00810. The molecule has 1 unspecified atom stereocenters. The van der Waals surface area contributed by atoms with E-state index in [1.165, 1.54) is 0 Å². The Kier molecular flexibility index (Phi) is 1.61. The van der Waals surface area contributed by atoms with Crippen LogP contribution in [-0.2, 0) is 0 Å². The third-order valence-electron chi connectivity index (χ3n) is 1.76. The van der Waals surface area contributed by atoms with Gasteiger partial charge in [0.15, 0.2) is 23.1 Å². The molecule has 62 valence electrons. The Morgan fingerprint density at radius 1 is 1.42 bits per heavy atom. The lowest BCUT2D eigenvalue weighted by Gasteiger charge is -2.17. The molecule has 0 bridgehead atoms. The second-order valence-corrected chi connectivity index (χ2v) is 3.56. The van der Waals surface area contributed by atoms with Gasteiger partial charge in [-0.05, 0) is 6.92 Å². The van der Waals surface area contributed by atoms with Crippen molar-refractivity contribution in [3.63, 3.8) is 0 Å². The highest BCUT2D eigenvalue weighted by Gasteiger charge is 2.37. The maximum Gasteiger partial charge on any atom is 0.218 e. The Balaban J connectivity index is 2.56. The van der Waals surface area contributed by atoms with Gasteiger partial charge in [-0.25, -0.2) is 9.98 Å². The number of aliphatic imine (C=N–C) groups is 2. The Labute approximate surface area is 80.0 Å². The molecule has 12 heavy (non-hydrogen) atoms. The minimum Gasteiger partial charge on any atom is -0.233 e. The van der Waals surface area contributed by atoms with Crippen molar-refractivity contribution >= 4 is 35.9 Å². The summed E-state index contributed by atoms with van der Waals surface area (Å²) in [7, 11) is 0. The number of hydrogen-bond donors (Lipinski definition) is 0. The molecule has 2 aliphatic rings. The maximum atomic E-state index is 6.14. The van der Waals surface area contributed by atoms with E-state index in [9.17, 15) is 0 Å². The molecule has 2 aliphatic heterocycles. The predicted molar refractivity (Wildman–Crippen MR) is 49.7 cm³/mol. The fourth-order valence-electron chi connectivity index (χ4n) is 1.14. The highest BCUT2D eigenvalue weighted by Crippen LogP contribution is 2.32. The van der Waals surface area contributed by atoms with Crippen molar-refractivity contribution in [2.24, 2.45) is 9.98 Å². The molecule has 1 atom stereocenters. The molecule has 3 nitrogen and oxygen atoms in total. The van der Waals surface area contributed by atoms with E-state index in [1.807, 2.05) is 6.92 Å². The van der Waals surface area contributed by atoms with Gasteiger partial charge >= 0.3 is 0 Å². The first kappa shape index (κ1) is 7.98. The molecule has 0 N–H and O–H groups in total. The van der Waals surface area contributed by atoms with E-state index in [-0.39, 0.29) is 4.00 Å². The summed E-state index contributed by atoms with van der Waals surface area (Å²) in [5.74, 6) is 0. The second-order valence-electron chi connectivity index (χ2n) is 2.61. The van der Waals surface area contributed by atoms with Gasteiger partial charge < -0.3 is 0 Å². The Hall–Kier alpha value is -0.640. The number of allylic oxidation sites excluding steroid dienone is 2. The molecule has 0 saturated heterocycles. The zero-order valence-corrected chi connectivity index (χ0v) is 7.84. The molecule has 0 aromatic rings. The van der Waals surface area contributed by atoms with Crippen LogP contribution in [0.1, 0.15) is 6.92 Å². The molecule has 0 aromatic heterocycles. The monoisotopic (exact) mass is 202 g/mol. The molecule has 0 aromatic carbocycles. The Bertz CT molecular complexity index is 354. The number of rotatable bonds is 0. The van der Waals surface area contributed by atoms with Gasteiger partial charge in [0.1, 0.15) is 5.70 Å². The number of hydrogen-bond acceptors (Lipinski definition) is 2. The van der Waals surface area contributed by atoms with Crippen LogP contribution >= 0.6 is 23.4 Å². The summed E-state index contributed by atoms with van der Waals surface area (Å²) in [5, 5.41) is 0.384. The summed E-state index contributed by atoms with van der Waals surface area (Å²) in [6.45, 7) is 1.88. The number of halogens is 2. The molecular weight excluding hydrogens is 197 g/mol. The maximum absolute atomic E-state index is 6.14. The summed E-state index contributed by atoms with van der Waals surface area (Å²) in [6.07, 6.45) is 4.87. The molecule has 2 rings (SSSR count). The normalized spacial score (nSPS) is 32.4. The van der Waals surface area contributed by atoms with Crippen molar-refractivity contribution in [3.8, 4) is 0 Å². The van der Waals surface area contributed by atoms with Crippen LogP contribution in [0.25, 0.3) is 0 Å². The summed E-state index contributed by atoms with van der Waals surface area (Å²) in [6, 6.07) is 0. The quantitative estimate of drug-likeness (QED) is 0.426. The molecule has 0 radical (unpaired) electrons. The average Bonchev–Trinajstić information content (AvgIpc) is 2.27. The smallest absolute Gasteiger partial charge is 0.218 e. The third-order valence-corrected chi connectivity index (χ3v) is 2.33. The highest BCUT2D eigenvalue weighted by atomic mass is 35.5. The lowest BCUT2D eigenvalue weighted by atomic mass is 10.3. The molecule has 0 saturated carbocycles. The van der Waals surface area contributed by atoms with E-state index in [0.29, 0.717) is 5.16 Å². The highest BCUT2D eigenvalue weighted by molar-refractivity contribution is 6.30. The molecule has 0 fully saturated rings. The van der Waals surface area contributed by atoms with Crippen molar-refractivity contribution in [1.82, 2.24) is 0 Å². The lowest BCUT2D eigenvalue weighted by molar-refractivity contribution is -0.592. The molecular formula is C7H6Cl2N3+. The van der Waals surface area contributed by atoms with Crippen LogP contribution in [-0.4, -0.2) is 16.6 Å². The van der Waals surface area contributed by atoms with Gasteiger partial charge in [0, 0.05) is 0 Å².